The Bertz CT molecular complexity index is 1370. The van der Waals surface area contributed by atoms with Crippen molar-refractivity contribution in [1.29, 1.82) is 0 Å². The minimum Gasteiger partial charge on any atom is -0.408 e. The van der Waals surface area contributed by atoms with Crippen molar-refractivity contribution in [3.05, 3.63) is 94.5 Å². The first-order valence-corrected chi connectivity index (χ1v) is 9.83. The molecule has 3 aromatic carbocycles. The second kappa shape index (κ2) is 7.03. The van der Waals surface area contributed by atoms with E-state index in [4.69, 9.17) is 4.42 Å². The Kier molecular flexibility index (Phi) is 4.22. The van der Waals surface area contributed by atoms with Gasteiger partial charge in [0.05, 0.1) is 22.3 Å². The van der Waals surface area contributed by atoms with Crippen LogP contribution in [0.25, 0.3) is 21.3 Å². The van der Waals surface area contributed by atoms with E-state index in [0.29, 0.717) is 28.3 Å². The van der Waals surface area contributed by atoms with Gasteiger partial charge in [-0.3, -0.25) is 14.7 Å². The van der Waals surface area contributed by atoms with Crippen LogP contribution >= 0.6 is 11.3 Å². The summed E-state index contributed by atoms with van der Waals surface area (Å²) >= 11 is 1.42. The number of oxazole rings is 1. The van der Waals surface area contributed by atoms with E-state index in [0.717, 1.165) is 15.8 Å². The van der Waals surface area contributed by atoms with Crippen LogP contribution in [-0.2, 0) is 6.54 Å². The summed E-state index contributed by atoms with van der Waals surface area (Å²) in [6.07, 6.45) is 0. The van der Waals surface area contributed by atoms with Crippen LogP contribution < -0.4 is 11.1 Å². The third-order valence-electron chi connectivity index (χ3n) is 4.63. The molecule has 0 spiro atoms. The van der Waals surface area contributed by atoms with Crippen molar-refractivity contribution in [2.45, 2.75) is 6.54 Å². The molecule has 0 aliphatic heterocycles. The zero-order chi connectivity index (χ0) is 19.8. The molecule has 0 unspecified atom stereocenters. The molecule has 2 heterocycles. The van der Waals surface area contributed by atoms with Crippen molar-refractivity contribution in [3.8, 4) is 0 Å². The average molecular weight is 401 g/mol. The summed E-state index contributed by atoms with van der Waals surface area (Å²) in [5, 5.41) is 3.37. The molecule has 6 nitrogen and oxygen atoms in total. The quantitative estimate of drug-likeness (QED) is 0.481. The fraction of sp³-hybridized carbons (Fsp3) is 0.0455. The van der Waals surface area contributed by atoms with Gasteiger partial charge in [0.25, 0.3) is 5.91 Å². The summed E-state index contributed by atoms with van der Waals surface area (Å²) < 4.78 is 7.86. The highest BCUT2D eigenvalue weighted by Gasteiger charge is 2.15. The van der Waals surface area contributed by atoms with E-state index in [2.05, 4.69) is 10.3 Å². The number of amides is 1. The molecule has 0 aliphatic carbocycles. The average Bonchev–Trinajstić information content (AvgIpc) is 3.28. The van der Waals surface area contributed by atoms with E-state index < -0.39 is 5.76 Å². The summed E-state index contributed by atoms with van der Waals surface area (Å²) in [5.74, 6) is -0.738. The van der Waals surface area contributed by atoms with E-state index in [9.17, 15) is 9.59 Å². The van der Waals surface area contributed by atoms with Crippen molar-refractivity contribution in [2.24, 2.45) is 0 Å². The lowest BCUT2D eigenvalue weighted by molar-refractivity contribution is 0.102. The number of para-hydroxylation sites is 1. The predicted octanol–water partition coefficient (Wildman–Crippen LogP) is 4.50. The number of rotatable bonds is 4. The van der Waals surface area contributed by atoms with Crippen LogP contribution in [0.1, 0.15) is 15.9 Å². The van der Waals surface area contributed by atoms with Crippen molar-refractivity contribution >= 4 is 43.7 Å². The standard InChI is InChI=1S/C22H15N3O3S/c26-20(24-21-23-16-8-4-5-9-19(16)29-21)15-10-11-18-17(12-15)25(22(27)28-18)13-14-6-2-1-3-7-14/h1-12H,13H2,(H,23,24,26). The van der Waals surface area contributed by atoms with Gasteiger partial charge >= 0.3 is 5.76 Å². The molecular weight excluding hydrogens is 386 g/mol. The van der Waals surface area contributed by atoms with Crippen LogP contribution in [0.15, 0.2) is 82.0 Å². The lowest BCUT2D eigenvalue weighted by Crippen LogP contribution is -2.15. The summed E-state index contributed by atoms with van der Waals surface area (Å²) in [7, 11) is 0. The molecule has 0 atom stereocenters. The van der Waals surface area contributed by atoms with Gasteiger partial charge in [-0.1, -0.05) is 53.8 Å². The lowest BCUT2D eigenvalue weighted by Gasteiger charge is -2.04. The van der Waals surface area contributed by atoms with Crippen LogP contribution in [0.2, 0.25) is 0 Å². The van der Waals surface area contributed by atoms with Gasteiger partial charge in [0.15, 0.2) is 10.7 Å². The largest absolute Gasteiger partial charge is 0.420 e. The minimum atomic E-state index is -0.451. The number of hydrogen-bond donors (Lipinski definition) is 1. The lowest BCUT2D eigenvalue weighted by atomic mass is 10.2. The summed E-state index contributed by atoms with van der Waals surface area (Å²) in [6.45, 7) is 0.371. The maximum absolute atomic E-state index is 12.7. The van der Waals surface area contributed by atoms with Crippen molar-refractivity contribution in [2.75, 3.05) is 5.32 Å². The first-order valence-electron chi connectivity index (χ1n) is 9.02. The number of nitrogens with one attached hydrogen (secondary N) is 1. The monoisotopic (exact) mass is 401 g/mol. The maximum Gasteiger partial charge on any atom is 0.420 e. The van der Waals surface area contributed by atoms with Crippen molar-refractivity contribution in [1.82, 2.24) is 9.55 Å². The minimum absolute atomic E-state index is 0.286. The zero-order valence-electron chi connectivity index (χ0n) is 15.2. The van der Waals surface area contributed by atoms with E-state index in [1.165, 1.54) is 15.9 Å². The molecule has 2 aromatic heterocycles. The Hall–Kier alpha value is -3.71. The van der Waals surface area contributed by atoms with Gasteiger partial charge in [-0.05, 0) is 35.9 Å². The van der Waals surface area contributed by atoms with Gasteiger partial charge in [-0.15, -0.1) is 0 Å². The number of carbonyl (C=O) groups is 1. The molecule has 0 radical (unpaired) electrons. The molecular formula is C22H15N3O3S. The van der Waals surface area contributed by atoms with Crippen molar-refractivity contribution in [3.63, 3.8) is 0 Å². The first-order chi connectivity index (χ1) is 14.2. The molecule has 0 aliphatic rings. The Balaban J connectivity index is 1.47. The van der Waals surface area contributed by atoms with E-state index in [1.807, 2.05) is 54.6 Å². The molecule has 1 N–H and O–H groups in total. The number of hydrogen-bond acceptors (Lipinski definition) is 5. The van der Waals surface area contributed by atoms with E-state index in [1.54, 1.807) is 18.2 Å². The molecule has 142 valence electrons. The number of nitrogens with zero attached hydrogens (tertiary/aromatic N) is 2. The topological polar surface area (TPSA) is 77.1 Å². The van der Waals surface area contributed by atoms with Gasteiger partial charge in [-0.2, -0.15) is 0 Å². The molecule has 0 bridgehead atoms. The fourth-order valence-electron chi connectivity index (χ4n) is 3.21. The normalized spacial score (nSPS) is 11.2. The van der Waals surface area contributed by atoms with Crippen LogP contribution in [0.4, 0.5) is 5.13 Å². The summed E-state index contributed by atoms with van der Waals surface area (Å²) in [4.78, 5) is 29.5. The fourth-order valence-corrected chi connectivity index (χ4v) is 4.07. The number of benzene rings is 3. The number of aromatic nitrogens is 2. The molecule has 29 heavy (non-hydrogen) atoms. The molecule has 0 fully saturated rings. The van der Waals surface area contributed by atoms with Crippen LogP contribution in [0.3, 0.4) is 0 Å². The Labute approximate surface area is 169 Å². The highest BCUT2D eigenvalue weighted by Crippen LogP contribution is 2.26. The van der Waals surface area contributed by atoms with Crippen molar-refractivity contribution < 1.29 is 9.21 Å². The van der Waals surface area contributed by atoms with Gasteiger partial charge < -0.3 is 4.42 Å². The van der Waals surface area contributed by atoms with Gasteiger partial charge in [0.2, 0.25) is 0 Å². The third-order valence-corrected chi connectivity index (χ3v) is 5.58. The third kappa shape index (κ3) is 3.32. The highest BCUT2D eigenvalue weighted by molar-refractivity contribution is 7.22. The van der Waals surface area contributed by atoms with E-state index in [-0.39, 0.29) is 5.91 Å². The SMILES string of the molecule is O=C(Nc1nc2ccccc2s1)c1ccc2oc(=O)n(Cc3ccccc3)c2c1. The van der Waals surface area contributed by atoms with Gasteiger partial charge in [0, 0.05) is 5.56 Å². The smallest absolute Gasteiger partial charge is 0.408 e. The summed E-state index contributed by atoms with van der Waals surface area (Å²) in [5.41, 5.74) is 3.27. The zero-order valence-corrected chi connectivity index (χ0v) is 16.0. The van der Waals surface area contributed by atoms with Gasteiger partial charge in [-0.25, -0.2) is 9.78 Å². The molecule has 5 rings (SSSR count). The number of fused-ring (bicyclic) bond motifs is 2. The van der Waals surface area contributed by atoms with E-state index >= 15 is 0 Å². The Morgan fingerprint density at radius 2 is 1.83 bits per heavy atom. The number of thiazole rings is 1. The molecule has 0 saturated carbocycles. The maximum atomic E-state index is 12.7. The first kappa shape index (κ1) is 17.4. The second-order valence-electron chi connectivity index (χ2n) is 6.56. The molecule has 1 amide bonds. The summed E-state index contributed by atoms with van der Waals surface area (Å²) in [6, 6.07) is 22.3. The Morgan fingerprint density at radius 3 is 2.66 bits per heavy atom. The predicted molar refractivity (Wildman–Crippen MR) is 114 cm³/mol. The van der Waals surface area contributed by atoms with Gasteiger partial charge in [0.1, 0.15) is 0 Å². The Morgan fingerprint density at radius 1 is 1.03 bits per heavy atom. The number of anilines is 1. The second-order valence-corrected chi connectivity index (χ2v) is 7.59. The van der Waals surface area contributed by atoms with Crippen LogP contribution in [0.5, 0.6) is 0 Å². The molecule has 7 heteroatoms. The molecule has 0 saturated heterocycles. The molecule has 5 aromatic rings. The van der Waals surface area contributed by atoms with Crippen LogP contribution in [0, 0.1) is 0 Å². The number of carbonyl (C=O) groups excluding carboxylic acids is 1. The van der Waals surface area contributed by atoms with Crippen LogP contribution in [-0.4, -0.2) is 15.5 Å². The highest BCUT2D eigenvalue weighted by atomic mass is 32.1.